The summed E-state index contributed by atoms with van der Waals surface area (Å²) in [5, 5.41) is 11.3. The van der Waals surface area contributed by atoms with Gasteiger partial charge in [-0.25, -0.2) is 9.89 Å². The van der Waals surface area contributed by atoms with Crippen LogP contribution in [0, 0.1) is 0 Å². The van der Waals surface area contributed by atoms with Gasteiger partial charge in [0.15, 0.2) is 5.16 Å². The number of hydrogen-bond acceptors (Lipinski definition) is 7. The third-order valence-corrected chi connectivity index (χ3v) is 3.40. The Kier molecular flexibility index (Phi) is 2.73. The fraction of sp³-hybridized carbons (Fsp3) is 0.333. The largest absolute Gasteiger partial charge is 0.388 e. The average Bonchev–Trinajstić information content (AvgIpc) is 2.74. The lowest BCUT2D eigenvalue weighted by atomic mass is 10.5. The second-order valence-corrected chi connectivity index (χ2v) is 4.47. The van der Waals surface area contributed by atoms with Crippen molar-refractivity contribution in [1.82, 2.24) is 24.4 Å². The van der Waals surface area contributed by atoms with Crippen LogP contribution in [0.15, 0.2) is 9.95 Å². The van der Waals surface area contributed by atoms with E-state index in [2.05, 4.69) is 19.8 Å². The van der Waals surface area contributed by atoms with Crippen molar-refractivity contribution in [2.75, 3.05) is 5.73 Å². The van der Waals surface area contributed by atoms with Gasteiger partial charge in [-0.05, 0) is 0 Å². The van der Waals surface area contributed by atoms with E-state index in [9.17, 15) is 4.79 Å². The molecule has 7 nitrogen and oxygen atoms in total. The van der Waals surface area contributed by atoms with Crippen LogP contribution in [0.1, 0.15) is 5.69 Å². The summed E-state index contributed by atoms with van der Waals surface area (Å²) >= 11 is 2.54. The number of nitrogens with zero attached hydrogens (tertiary/aromatic N) is 4. The summed E-state index contributed by atoms with van der Waals surface area (Å²) in [7, 11) is 1.65. The minimum absolute atomic E-state index is 0.234. The average molecular weight is 244 g/mol. The van der Waals surface area contributed by atoms with Crippen molar-refractivity contribution in [3.63, 3.8) is 0 Å². The highest BCUT2D eigenvalue weighted by atomic mass is 32.2. The van der Waals surface area contributed by atoms with Gasteiger partial charge in [-0.1, -0.05) is 16.3 Å². The van der Waals surface area contributed by atoms with Crippen molar-refractivity contribution in [3.05, 3.63) is 16.2 Å². The Balaban J connectivity index is 2.09. The van der Waals surface area contributed by atoms with E-state index in [1.165, 1.54) is 16.3 Å². The number of rotatable bonds is 3. The molecule has 0 atom stereocenters. The van der Waals surface area contributed by atoms with E-state index in [4.69, 9.17) is 5.73 Å². The summed E-state index contributed by atoms with van der Waals surface area (Å²) in [5.41, 5.74) is 6.12. The van der Waals surface area contributed by atoms with Crippen LogP contribution in [0.4, 0.5) is 5.00 Å². The molecule has 0 aromatic carbocycles. The number of aromatic nitrogens is 5. The number of H-pyrrole nitrogens is 1. The fourth-order valence-corrected chi connectivity index (χ4v) is 2.31. The molecule has 0 aliphatic rings. The van der Waals surface area contributed by atoms with E-state index in [1.807, 2.05) is 0 Å². The van der Waals surface area contributed by atoms with Gasteiger partial charge in [-0.15, -0.1) is 10.2 Å². The van der Waals surface area contributed by atoms with E-state index in [-0.39, 0.29) is 5.69 Å². The van der Waals surface area contributed by atoms with Crippen molar-refractivity contribution in [2.24, 2.45) is 7.05 Å². The van der Waals surface area contributed by atoms with Crippen LogP contribution in [-0.4, -0.2) is 24.4 Å². The molecule has 0 saturated heterocycles. The summed E-state index contributed by atoms with van der Waals surface area (Å²) in [6, 6.07) is 0. The summed E-state index contributed by atoms with van der Waals surface area (Å²) < 4.78 is 5.15. The molecule has 0 aliphatic heterocycles. The van der Waals surface area contributed by atoms with Crippen molar-refractivity contribution >= 4 is 28.3 Å². The first-order valence-electron chi connectivity index (χ1n) is 3.99. The van der Waals surface area contributed by atoms with Gasteiger partial charge in [-0.2, -0.15) is 0 Å². The van der Waals surface area contributed by atoms with Crippen LogP contribution in [0.3, 0.4) is 0 Å². The van der Waals surface area contributed by atoms with Crippen LogP contribution >= 0.6 is 23.3 Å². The molecule has 0 spiro atoms. The number of nitrogen functional groups attached to an aromatic ring is 1. The van der Waals surface area contributed by atoms with Crippen LogP contribution < -0.4 is 11.4 Å². The molecule has 0 aliphatic carbocycles. The fourth-order valence-electron chi connectivity index (χ4n) is 0.910. The highest BCUT2D eigenvalue weighted by molar-refractivity contribution is 7.98. The Hall–Kier alpha value is -1.35. The Labute approximate surface area is 92.9 Å². The SMILES string of the molecule is Cn1c(SCc2nnsc2N)n[nH]c1=O. The molecule has 0 fully saturated rings. The first kappa shape index (κ1) is 10.2. The van der Waals surface area contributed by atoms with Crippen molar-refractivity contribution in [3.8, 4) is 0 Å². The number of aromatic amines is 1. The molecule has 2 aromatic heterocycles. The highest BCUT2D eigenvalue weighted by Crippen LogP contribution is 2.22. The van der Waals surface area contributed by atoms with Crippen molar-refractivity contribution < 1.29 is 0 Å². The summed E-state index contributed by atoms with van der Waals surface area (Å²) in [6.07, 6.45) is 0. The molecule has 2 rings (SSSR count). The zero-order valence-electron chi connectivity index (χ0n) is 7.80. The highest BCUT2D eigenvalue weighted by Gasteiger charge is 2.08. The maximum atomic E-state index is 11.0. The smallest absolute Gasteiger partial charge is 0.343 e. The topological polar surface area (TPSA) is 102 Å². The third kappa shape index (κ3) is 2.02. The van der Waals surface area contributed by atoms with Gasteiger partial charge in [0.2, 0.25) is 0 Å². The first-order chi connectivity index (χ1) is 7.18. The van der Waals surface area contributed by atoms with Crippen LogP contribution in [0.5, 0.6) is 0 Å². The van der Waals surface area contributed by atoms with E-state index >= 15 is 0 Å². The molecule has 0 saturated carbocycles. The molecule has 0 amide bonds. The molecule has 0 radical (unpaired) electrons. The maximum Gasteiger partial charge on any atom is 0.343 e. The minimum atomic E-state index is -0.234. The van der Waals surface area contributed by atoms with Crippen LogP contribution in [-0.2, 0) is 12.8 Å². The number of nitrogens with two attached hydrogens (primary N) is 1. The van der Waals surface area contributed by atoms with Crippen LogP contribution in [0.2, 0.25) is 0 Å². The van der Waals surface area contributed by atoms with E-state index in [1.54, 1.807) is 7.05 Å². The Morgan fingerprint density at radius 3 is 3.00 bits per heavy atom. The predicted molar refractivity (Wildman–Crippen MR) is 57.7 cm³/mol. The molecule has 0 bridgehead atoms. The lowest BCUT2D eigenvalue weighted by Gasteiger charge is -1.97. The second kappa shape index (κ2) is 4.03. The van der Waals surface area contributed by atoms with E-state index in [0.29, 0.717) is 15.9 Å². The molecule has 3 N–H and O–H groups in total. The number of nitrogens with one attached hydrogen (secondary N) is 1. The zero-order valence-corrected chi connectivity index (χ0v) is 9.43. The minimum Gasteiger partial charge on any atom is -0.388 e. The summed E-state index contributed by atoms with van der Waals surface area (Å²) in [6.45, 7) is 0. The second-order valence-electron chi connectivity index (χ2n) is 2.74. The normalized spacial score (nSPS) is 10.7. The lowest BCUT2D eigenvalue weighted by molar-refractivity contribution is 0.765. The first-order valence-corrected chi connectivity index (χ1v) is 5.75. The van der Waals surface area contributed by atoms with Gasteiger partial charge < -0.3 is 5.73 Å². The monoisotopic (exact) mass is 244 g/mol. The molecule has 2 aromatic rings. The molecule has 2 heterocycles. The van der Waals surface area contributed by atoms with Gasteiger partial charge in [0, 0.05) is 24.3 Å². The zero-order chi connectivity index (χ0) is 10.8. The Morgan fingerprint density at radius 1 is 1.67 bits per heavy atom. The number of anilines is 1. The number of thioether (sulfide) groups is 1. The van der Waals surface area contributed by atoms with Crippen LogP contribution in [0.25, 0.3) is 0 Å². The van der Waals surface area contributed by atoms with E-state index in [0.717, 1.165) is 17.2 Å². The molecule has 9 heteroatoms. The van der Waals surface area contributed by atoms with Crippen molar-refractivity contribution in [2.45, 2.75) is 10.9 Å². The molecule has 80 valence electrons. The molecule has 15 heavy (non-hydrogen) atoms. The Bertz CT molecular complexity index is 514. The van der Waals surface area contributed by atoms with Gasteiger partial charge in [-0.3, -0.25) is 4.57 Å². The third-order valence-electron chi connectivity index (χ3n) is 1.76. The quantitative estimate of drug-likeness (QED) is 0.727. The van der Waals surface area contributed by atoms with Crippen molar-refractivity contribution in [1.29, 1.82) is 0 Å². The summed E-state index contributed by atoms with van der Waals surface area (Å²) in [4.78, 5) is 11.0. The summed E-state index contributed by atoms with van der Waals surface area (Å²) in [5.74, 6) is 0.556. The molecular formula is C6H8N6OS2. The Morgan fingerprint density at radius 2 is 2.47 bits per heavy atom. The van der Waals surface area contributed by atoms with Gasteiger partial charge in [0.25, 0.3) is 0 Å². The standard InChI is InChI=1S/C6H8N6OS2/c1-12-5(13)9-10-6(12)14-2-3-4(7)15-11-8-3/h2,7H2,1H3,(H,9,13). The van der Waals surface area contributed by atoms with Gasteiger partial charge in [0.1, 0.15) is 10.7 Å². The van der Waals surface area contributed by atoms with Gasteiger partial charge in [0.05, 0.1) is 0 Å². The number of hydrogen-bond donors (Lipinski definition) is 2. The lowest BCUT2D eigenvalue weighted by Crippen LogP contribution is -2.12. The van der Waals surface area contributed by atoms with E-state index < -0.39 is 0 Å². The maximum absolute atomic E-state index is 11.0. The predicted octanol–water partition coefficient (Wildman–Crippen LogP) is -0.166. The van der Waals surface area contributed by atoms with Gasteiger partial charge >= 0.3 is 5.69 Å². The molecule has 0 unspecified atom stereocenters. The molecular weight excluding hydrogens is 236 g/mol.